The summed E-state index contributed by atoms with van der Waals surface area (Å²) in [4.78, 5) is 34.8. The fourth-order valence-electron chi connectivity index (χ4n) is 2.38. The Morgan fingerprint density at radius 1 is 1.26 bits per heavy atom. The quantitative estimate of drug-likeness (QED) is 0.569. The smallest absolute Gasteiger partial charge is 0.310 e. The van der Waals surface area contributed by atoms with Crippen LogP contribution in [0.4, 0.5) is 4.39 Å². The first-order valence-corrected chi connectivity index (χ1v) is 8.46. The zero-order chi connectivity index (χ0) is 17.2. The highest BCUT2D eigenvalue weighted by atomic mass is 31.2. The molecule has 7 nitrogen and oxygen atoms in total. The maximum absolute atomic E-state index is 14.6. The molecular formula is C14H15FNO6P. The second-order valence-corrected chi connectivity index (χ2v) is 7.31. The number of nitrogens with one attached hydrogen (secondary N) is 1. The summed E-state index contributed by atoms with van der Waals surface area (Å²) in [5.74, 6) is -7.42. The Bertz CT molecular complexity index is 788. The number of halogens is 1. The van der Waals surface area contributed by atoms with Gasteiger partial charge in [0.2, 0.25) is 0 Å². The molecule has 0 spiro atoms. The van der Waals surface area contributed by atoms with Gasteiger partial charge in [0.25, 0.3) is 7.37 Å². The number of H-pyrrole nitrogens is 1. The maximum Gasteiger partial charge on any atom is 0.310 e. The Morgan fingerprint density at radius 3 is 2.57 bits per heavy atom. The van der Waals surface area contributed by atoms with Crippen LogP contribution < -0.4 is 5.30 Å². The predicted octanol–water partition coefficient (Wildman–Crippen LogP) is 1.92. The number of carbonyl (C=O) groups is 2. The van der Waals surface area contributed by atoms with Gasteiger partial charge in [0, 0.05) is 28.8 Å². The van der Waals surface area contributed by atoms with Crippen LogP contribution in [-0.2, 0) is 14.2 Å². The molecule has 1 aromatic heterocycles. The van der Waals surface area contributed by atoms with Gasteiger partial charge in [-0.2, -0.15) is 0 Å². The third kappa shape index (κ3) is 3.43. The average Bonchev–Trinajstić information content (AvgIpc) is 2.94. The van der Waals surface area contributed by atoms with Crippen LogP contribution in [0, 0.1) is 5.92 Å². The standard InChI is InChI=1S/C14H15FNO6P/c15-13(9(14(19)20)4-5-12(17)18)23(21,22)11-3-1-2-10-8(11)6-7-16-10/h1-3,6-7,9,13,16H,4-5H2,(H,17,18)(H,19,20)(H,21,22). The molecule has 124 valence electrons. The lowest BCUT2D eigenvalue weighted by Crippen LogP contribution is -2.29. The molecule has 0 saturated heterocycles. The van der Waals surface area contributed by atoms with Crippen LogP contribution in [0.2, 0.25) is 0 Å². The van der Waals surface area contributed by atoms with Gasteiger partial charge >= 0.3 is 11.9 Å². The maximum atomic E-state index is 14.6. The van der Waals surface area contributed by atoms with Crippen molar-refractivity contribution in [2.24, 2.45) is 5.92 Å². The molecule has 0 saturated carbocycles. The topological polar surface area (TPSA) is 128 Å². The molecule has 0 fully saturated rings. The minimum atomic E-state index is -4.68. The van der Waals surface area contributed by atoms with Crippen molar-refractivity contribution in [3.63, 3.8) is 0 Å². The van der Waals surface area contributed by atoms with Crippen LogP contribution in [0.5, 0.6) is 0 Å². The van der Waals surface area contributed by atoms with E-state index in [0.29, 0.717) is 10.9 Å². The molecule has 3 unspecified atom stereocenters. The number of carboxylic acid groups (broad SMARTS) is 2. The van der Waals surface area contributed by atoms with Crippen molar-refractivity contribution in [3.8, 4) is 0 Å². The first kappa shape index (κ1) is 17.2. The van der Waals surface area contributed by atoms with Gasteiger partial charge in [0.1, 0.15) is 0 Å². The van der Waals surface area contributed by atoms with Crippen molar-refractivity contribution in [1.82, 2.24) is 4.98 Å². The number of fused-ring (bicyclic) bond motifs is 1. The zero-order valence-electron chi connectivity index (χ0n) is 11.8. The van der Waals surface area contributed by atoms with Crippen LogP contribution >= 0.6 is 7.37 Å². The lowest BCUT2D eigenvalue weighted by atomic mass is 10.1. The van der Waals surface area contributed by atoms with E-state index < -0.39 is 44.0 Å². The largest absolute Gasteiger partial charge is 0.481 e. The first-order chi connectivity index (χ1) is 10.7. The summed E-state index contributed by atoms with van der Waals surface area (Å²) in [6.07, 6.45) is 0.339. The summed E-state index contributed by atoms with van der Waals surface area (Å²) in [6, 6.07) is 5.84. The third-order valence-electron chi connectivity index (χ3n) is 3.57. The monoisotopic (exact) mass is 343 g/mol. The van der Waals surface area contributed by atoms with Gasteiger partial charge in [-0.3, -0.25) is 14.2 Å². The number of aliphatic carboxylic acids is 2. The molecule has 0 bridgehead atoms. The van der Waals surface area contributed by atoms with Gasteiger partial charge in [-0.15, -0.1) is 0 Å². The molecule has 0 radical (unpaired) electrons. The summed E-state index contributed by atoms with van der Waals surface area (Å²) in [5, 5.41) is 17.8. The highest BCUT2D eigenvalue weighted by molar-refractivity contribution is 7.67. The van der Waals surface area contributed by atoms with Gasteiger partial charge in [-0.25, -0.2) is 4.39 Å². The van der Waals surface area contributed by atoms with Crippen molar-refractivity contribution in [3.05, 3.63) is 30.5 Å². The van der Waals surface area contributed by atoms with Gasteiger partial charge < -0.3 is 20.1 Å². The predicted molar refractivity (Wildman–Crippen MR) is 80.6 cm³/mol. The lowest BCUT2D eigenvalue weighted by molar-refractivity contribution is -0.144. The van der Waals surface area contributed by atoms with E-state index in [0.717, 1.165) is 0 Å². The Labute approximate surface area is 130 Å². The molecule has 2 rings (SSSR count). The van der Waals surface area contributed by atoms with E-state index in [1.165, 1.54) is 24.4 Å². The number of carboxylic acids is 2. The van der Waals surface area contributed by atoms with Gasteiger partial charge in [-0.1, -0.05) is 6.07 Å². The fraction of sp³-hybridized carbons (Fsp3) is 0.286. The first-order valence-electron chi connectivity index (χ1n) is 6.73. The van der Waals surface area contributed by atoms with E-state index in [1.807, 2.05) is 0 Å². The van der Waals surface area contributed by atoms with E-state index in [9.17, 15) is 23.4 Å². The number of aromatic nitrogens is 1. The van der Waals surface area contributed by atoms with E-state index in [2.05, 4.69) is 4.98 Å². The highest BCUT2D eigenvalue weighted by Gasteiger charge is 2.43. The van der Waals surface area contributed by atoms with E-state index in [-0.39, 0.29) is 5.30 Å². The van der Waals surface area contributed by atoms with Crippen LogP contribution in [0.25, 0.3) is 10.9 Å². The van der Waals surface area contributed by atoms with E-state index >= 15 is 0 Å². The SMILES string of the molecule is O=C(O)CCC(C(=O)O)C(F)P(=O)(O)c1cccc2[nH]ccc12. The van der Waals surface area contributed by atoms with Crippen molar-refractivity contribution in [2.75, 3.05) is 0 Å². The van der Waals surface area contributed by atoms with Crippen LogP contribution in [-0.4, -0.2) is 37.9 Å². The average molecular weight is 343 g/mol. The summed E-state index contributed by atoms with van der Waals surface area (Å²) >= 11 is 0. The molecule has 1 aromatic carbocycles. The highest BCUT2D eigenvalue weighted by Crippen LogP contribution is 2.51. The van der Waals surface area contributed by atoms with Crippen molar-refractivity contribution >= 4 is 35.5 Å². The lowest BCUT2D eigenvalue weighted by Gasteiger charge is -2.22. The van der Waals surface area contributed by atoms with Gasteiger partial charge in [-0.05, 0) is 24.6 Å². The fourth-order valence-corrected chi connectivity index (χ4v) is 4.25. The van der Waals surface area contributed by atoms with Crippen molar-refractivity contribution in [1.29, 1.82) is 0 Å². The van der Waals surface area contributed by atoms with E-state index in [1.54, 1.807) is 6.07 Å². The molecule has 0 aliphatic carbocycles. The molecule has 23 heavy (non-hydrogen) atoms. The van der Waals surface area contributed by atoms with Gasteiger partial charge in [0.15, 0.2) is 5.91 Å². The molecule has 0 amide bonds. The van der Waals surface area contributed by atoms with Crippen LogP contribution in [0.3, 0.4) is 0 Å². The molecule has 3 atom stereocenters. The summed E-state index contributed by atoms with van der Waals surface area (Å²) in [6.45, 7) is 0. The Kier molecular flexibility index (Phi) is 4.87. The summed E-state index contributed by atoms with van der Waals surface area (Å²) in [5.41, 5.74) is 0.515. The molecule has 1 heterocycles. The number of alkyl halides is 1. The molecule has 0 aliphatic heterocycles. The van der Waals surface area contributed by atoms with Crippen molar-refractivity contribution < 1.29 is 33.7 Å². The van der Waals surface area contributed by atoms with Crippen LogP contribution in [0.1, 0.15) is 12.8 Å². The molecule has 4 N–H and O–H groups in total. The number of benzene rings is 1. The number of hydrogen-bond acceptors (Lipinski definition) is 3. The molecule has 9 heteroatoms. The third-order valence-corrected chi connectivity index (χ3v) is 5.68. The van der Waals surface area contributed by atoms with Crippen molar-refractivity contribution in [2.45, 2.75) is 18.8 Å². The zero-order valence-corrected chi connectivity index (χ0v) is 12.7. The minimum Gasteiger partial charge on any atom is -0.481 e. The number of hydrogen-bond donors (Lipinski definition) is 4. The number of aromatic amines is 1. The van der Waals surface area contributed by atoms with E-state index in [4.69, 9.17) is 10.2 Å². The van der Waals surface area contributed by atoms with Crippen LogP contribution in [0.15, 0.2) is 30.5 Å². The van der Waals surface area contributed by atoms with Gasteiger partial charge in [0.05, 0.1) is 5.92 Å². The Hall–Kier alpha value is -2.18. The Morgan fingerprint density at radius 2 is 1.96 bits per heavy atom. The molecular weight excluding hydrogens is 328 g/mol. The number of rotatable bonds is 7. The Balaban J connectivity index is 2.40. The molecule has 0 aliphatic rings. The summed E-state index contributed by atoms with van der Waals surface area (Å²) < 4.78 is 27.1. The minimum absolute atomic E-state index is 0.190. The summed E-state index contributed by atoms with van der Waals surface area (Å²) in [7, 11) is -4.68. The second kappa shape index (κ2) is 6.52. The molecule has 2 aromatic rings. The second-order valence-electron chi connectivity index (χ2n) is 5.09. The normalized spacial score (nSPS) is 16.6.